The largest absolute Gasteiger partial charge is 0.370 e. The molecule has 2 heterocycles. The number of rotatable bonds is 6. The number of aromatic nitrogens is 4. The standard InChI is InChI=1S/C13H20N6/c1-4-14-12-7-13(18-10(2)17-12)15-6-5-11-8-16-19(3)9-11/h7-9H,4-6H2,1-3H3,(H2,14,15,17,18). The molecule has 0 amide bonds. The molecule has 6 heteroatoms. The Bertz CT molecular complexity index is 534. The smallest absolute Gasteiger partial charge is 0.131 e. The van der Waals surface area contributed by atoms with Crippen LogP contribution in [0.2, 0.25) is 0 Å². The van der Waals surface area contributed by atoms with Gasteiger partial charge in [-0.1, -0.05) is 0 Å². The molecule has 0 radical (unpaired) electrons. The highest BCUT2D eigenvalue weighted by Gasteiger charge is 2.01. The minimum absolute atomic E-state index is 0.766. The lowest BCUT2D eigenvalue weighted by atomic mass is 10.2. The zero-order valence-corrected chi connectivity index (χ0v) is 11.6. The second-order valence-corrected chi connectivity index (χ2v) is 4.41. The van der Waals surface area contributed by atoms with Gasteiger partial charge in [0.2, 0.25) is 0 Å². The molecule has 0 saturated carbocycles. The summed E-state index contributed by atoms with van der Waals surface area (Å²) in [5, 5.41) is 10.7. The summed E-state index contributed by atoms with van der Waals surface area (Å²) >= 11 is 0. The SMILES string of the molecule is CCNc1cc(NCCc2cnn(C)c2)nc(C)n1. The molecule has 0 aromatic carbocycles. The molecule has 0 bridgehead atoms. The summed E-state index contributed by atoms with van der Waals surface area (Å²) in [5.74, 6) is 2.48. The van der Waals surface area contributed by atoms with Crippen molar-refractivity contribution in [2.24, 2.45) is 7.05 Å². The maximum absolute atomic E-state index is 4.37. The van der Waals surface area contributed by atoms with Crippen LogP contribution >= 0.6 is 0 Å². The van der Waals surface area contributed by atoms with Crippen LogP contribution in [0, 0.1) is 6.92 Å². The third-order valence-electron chi connectivity index (χ3n) is 2.67. The van der Waals surface area contributed by atoms with Crippen molar-refractivity contribution in [2.45, 2.75) is 20.3 Å². The van der Waals surface area contributed by atoms with Crippen molar-refractivity contribution in [1.29, 1.82) is 0 Å². The normalized spacial score (nSPS) is 10.5. The zero-order chi connectivity index (χ0) is 13.7. The van der Waals surface area contributed by atoms with Gasteiger partial charge in [-0.25, -0.2) is 9.97 Å². The monoisotopic (exact) mass is 260 g/mol. The van der Waals surface area contributed by atoms with Crippen molar-refractivity contribution >= 4 is 11.6 Å². The van der Waals surface area contributed by atoms with Gasteiger partial charge >= 0.3 is 0 Å². The maximum Gasteiger partial charge on any atom is 0.131 e. The molecule has 0 aliphatic carbocycles. The van der Waals surface area contributed by atoms with Gasteiger partial charge in [-0.2, -0.15) is 5.10 Å². The van der Waals surface area contributed by atoms with Gasteiger partial charge in [0.1, 0.15) is 17.5 Å². The highest BCUT2D eigenvalue weighted by atomic mass is 15.2. The van der Waals surface area contributed by atoms with E-state index in [4.69, 9.17) is 0 Å². The van der Waals surface area contributed by atoms with Crippen LogP contribution in [0.4, 0.5) is 11.6 Å². The summed E-state index contributed by atoms with van der Waals surface area (Å²) in [7, 11) is 1.92. The summed E-state index contributed by atoms with van der Waals surface area (Å²) in [5.41, 5.74) is 1.22. The van der Waals surface area contributed by atoms with Crippen molar-refractivity contribution in [2.75, 3.05) is 23.7 Å². The summed E-state index contributed by atoms with van der Waals surface area (Å²) in [6.07, 6.45) is 4.83. The molecule has 6 nitrogen and oxygen atoms in total. The molecule has 2 aromatic heterocycles. The summed E-state index contributed by atoms with van der Waals surface area (Å²) < 4.78 is 1.81. The molecule has 2 N–H and O–H groups in total. The van der Waals surface area contributed by atoms with Gasteiger partial charge in [0.05, 0.1) is 6.20 Å². The number of anilines is 2. The Hall–Kier alpha value is -2.11. The van der Waals surface area contributed by atoms with E-state index in [9.17, 15) is 0 Å². The van der Waals surface area contributed by atoms with Gasteiger partial charge in [-0.15, -0.1) is 0 Å². The van der Waals surface area contributed by atoms with Gasteiger partial charge in [0.25, 0.3) is 0 Å². The number of hydrogen-bond donors (Lipinski definition) is 2. The Kier molecular flexibility index (Phi) is 4.33. The highest BCUT2D eigenvalue weighted by molar-refractivity contribution is 5.47. The molecule has 2 aromatic rings. The molecule has 19 heavy (non-hydrogen) atoms. The maximum atomic E-state index is 4.37. The van der Waals surface area contributed by atoms with E-state index >= 15 is 0 Å². The topological polar surface area (TPSA) is 67.7 Å². The van der Waals surface area contributed by atoms with Crippen molar-refractivity contribution < 1.29 is 0 Å². The first-order valence-corrected chi connectivity index (χ1v) is 6.48. The summed E-state index contributed by atoms with van der Waals surface area (Å²) in [6, 6.07) is 1.93. The van der Waals surface area contributed by atoms with Crippen LogP contribution in [0.15, 0.2) is 18.5 Å². The average Bonchev–Trinajstić information content (AvgIpc) is 2.75. The van der Waals surface area contributed by atoms with E-state index in [1.165, 1.54) is 5.56 Å². The van der Waals surface area contributed by atoms with E-state index < -0.39 is 0 Å². The van der Waals surface area contributed by atoms with E-state index in [1.54, 1.807) is 0 Å². The molecule has 0 spiro atoms. The second kappa shape index (κ2) is 6.17. The first kappa shape index (κ1) is 13.3. The molecule has 0 fully saturated rings. The third kappa shape index (κ3) is 3.94. The van der Waals surface area contributed by atoms with Crippen LogP contribution in [-0.4, -0.2) is 32.8 Å². The number of aryl methyl sites for hydroxylation is 2. The van der Waals surface area contributed by atoms with Gasteiger partial charge in [-0.05, 0) is 25.8 Å². The number of nitrogens with one attached hydrogen (secondary N) is 2. The molecule has 0 saturated heterocycles. The van der Waals surface area contributed by atoms with Crippen LogP contribution in [0.5, 0.6) is 0 Å². The van der Waals surface area contributed by atoms with E-state index in [-0.39, 0.29) is 0 Å². The zero-order valence-electron chi connectivity index (χ0n) is 11.6. The van der Waals surface area contributed by atoms with E-state index in [0.717, 1.165) is 37.0 Å². The fraction of sp³-hybridized carbons (Fsp3) is 0.462. The first-order valence-electron chi connectivity index (χ1n) is 6.48. The van der Waals surface area contributed by atoms with Gasteiger partial charge in [0, 0.05) is 32.4 Å². The van der Waals surface area contributed by atoms with Crippen LogP contribution < -0.4 is 10.6 Å². The minimum Gasteiger partial charge on any atom is -0.370 e. The summed E-state index contributed by atoms with van der Waals surface area (Å²) in [6.45, 7) is 5.62. The highest BCUT2D eigenvalue weighted by Crippen LogP contribution is 2.11. The van der Waals surface area contributed by atoms with Crippen LogP contribution in [-0.2, 0) is 13.5 Å². The lowest BCUT2D eigenvalue weighted by molar-refractivity contribution is 0.767. The molecule has 102 valence electrons. The third-order valence-corrected chi connectivity index (χ3v) is 2.67. The second-order valence-electron chi connectivity index (χ2n) is 4.41. The lowest BCUT2D eigenvalue weighted by Crippen LogP contribution is -2.09. The van der Waals surface area contributed by atoms with Crippen LogP contribution in [0.25, 0.3) is 0 Å². The predicted molar refractivity (Wildman–Crippen MR) is 76.3 cm³/mol. The Balaban J connectivity index is 1.91. The van der Waals surface area contributed by atoms with Gasteiger partial charge in [-0.3, -0.25) is 4.68 Å². The Morgan fingerprint density at radius 3 is 2.58 bits per heavy atom. The van der Waals surface area contributed by atoms with E-state index in [0.29, 0.717) is 0 Å². The number of hydrogen-bond acceptors (Lipinski definition) is 5. The quantitative estimate of drug-likeness (QED) is 0.826. The lowest BCUT2D eigenvalue weighted by Gasteiger charge is -2.08. The average molecular weight is 260 g/mol. The molecule has 0 unspecified atom stereocenters. The molecule has 0 atom stereocenters. The molecule has 0 aliphatic heterocycles. The fourth-order valence-electron chi connectivity index (χ4n) is 1.87. The van der Waals surface area contributed by atoms with Crippen LogP contribution in [0.3, 0.4) is 0 Å². The van der Waals surface area contributed by atoms with Crippen molar-refractivity contribution in [3.63, 3.8) is 0 Å². The number of nitrogens with zero attached hydrogens (tertiary/aromatic N) is 4. The van der Waals surface area contributed by atoms with E-state index in [1.807, 2.05) is 44.0 Å². The molecular formula is C13H20N6. The summed E-state index contributed by atoms with van der Waals surface area (Å²) in [4.78, 5) is 8.69. The molecular weight excluding hydrogens is 240 g/mol. The molecule has 2 rings (SSSR count). The van der Waals surface area contributed by atoms with Gasteiger partial charge in [0.15, 0.2) is 0 Å². The minimum atomic E-state index is 0.766. The Morgan fingerprint density at radius 2 is 1.95 bits per heavy atom. The Labute approximate surface area is 113 Å². The predicted octanol–water partition coefficient (Wildman–Crippen LogP) is 1.60. The van der Waals surface area contributed by atoms with Crippen LogP contribution in [0.1, 0.15) is 18.3 Å². The Morgan fingerprint density at radius 1 is 1.21 bits per heavy atom. The fourth-order valence-corrected chi connectivity index (χ4v) is 1.87. The van der Waals surface area contributed by atoms with Crippen molar-refractivity contribution in [3.05, 3.63) is 29.8 Å². The molecule has 0 aliphatic rings. The first-order chi connectivity index (χ1) is 9.17. The van der Waals surface area contributed by atoms with Gasteiger partial charge < -0.3 is 10.6 Å². The van der Waals surface area contributed by atoms with Crippen molar-refractivity contribution in [3.8, 4) is 0 Å². The van der Waals surface area contributed by atoms with E-state index in [2.05, 4.69) is 25.7 Å². The van der Waals surface area contributed by atoms with Crippen molar-refractivity contribution in [1.82, 2.24) is 19.7 Å².